The predicted molar refractivity (Wildman–Crippen MR) is 207 cm³/mol. The zero-order valence-corrected chi connectivity index (χ0v) is 26.6. The van der Waals surface area contributed by atoms with E-state index in [0.29, 0.717) is 0 Å². The second-order valence-electron chi connectivity index (χ2n) is 12.9. The number of hydrogen-bond donors (Lipinski definition) is 0. The first-order chi connectivity index (χ1) is 24.3. The number of rotatable bonds is 3. The highest BCUT2D eigenvalue weighted by Gasteiger charge is 2.22. The van der Waals surface area contributed by atoms with E-state index in [2.05, 4.69) is 190 Å². The summed E-state index contributed by atoms with van der Waals surface area (Å²) in [6, 6.07) is 64.1. The van der Waals surface area contributed by atoms with Crippen molar-refractivity contribution in [3.05, 3.63) is 176 Å². The third kappa shape index (κ3) is 3.62. The van der Waals surface area contributed by atoms with Crippen LogP contribution in [0.2, 0.25) is 0 Å². The van der Waals surface area contributed by atoms with E-state index in [1.54, 1.807) is 0 Å². The third-order valence-corrected chi connectivity index (χ3v) is 10.4. The summed E-state index contributed by atoms with van der Waals surface area (Å²) in [5.41, 5.74) is 10.8. The normalized spacial score (nSPS) is 12.1. The van der Waals surface area contributed by atoms with E-state index in [9.17, 15) is 0 Å². The molecule has 0 unspecified atom stereocenters. The highest BCUT2D eigenvalue weighted by molar-refractivity contribution is 6.31. The predicted octanol–water partition coefficient (Wildman–Crippen LogP) is 12.1. The zero-order valence-electron chi connectivity index (χ0n) is 26.6. The summed E-state index contributed by atoms with van der Waals surface area (Å²) in [7, 11) is 0. The topological polar surface area (TPSA) is 14.8 Å². The van der Waals surface area contributed by atoms with Crippen LogP contribution in [0.4, 0.5) is 0 Å². The van der Waals surface area contributed by atoms with Crippen LogP contribution in [0.1, 0.15) is 0 Å². The first kappa shape index (κ1) is 26.5. The molecule has 0 aliphatic carbocycles. The van der Waals surface area contributed by atoms with Crippen molar-refractivity contribution in [1.82, 2.24) is 13.7 Å². The largest absolute Gasteiger partial charge is 0.309 e. The minimum Gasteiger partial charge on any atom is -0.309 e. The number of hydrogen-bond acceptors (Lipinski definition) is 0. The third-order valence-electron chi connectivity index (χ3n) is 10.4. The van der Waals surface area contributed by atoms with Gasteiger partial charge in [0.2, 0.25) is 0 Å². The Morgan fingerprint density at radius 1 is 0.265 bits per heavy atom. The molecular weight excluding hydrogens is 595 g/mol. The van der Waals surface area contributed by atoms with Crippen molar-refractivity contribution in [2.24, 2.45) is 0 Å². The van der Waals surface area contributed by atoms with E-state index < -0.39 is 0 Å². The lowest BCUT2D eigenvalue weighted by Gasteiger charge is -2.11. The summed E-state index contributed by atoms with van der Waals surface area (Å²) in [5.74, 6) is 0. The molecule has 0 saturated carbocycles. The highest BCUT2D eigenvalue weighted by Crippen LogP contribution is 2.44. The molecule has 0 amide bonds. The Labute approximate surface area is 282 Å². The van der Waals surface area contributed by atoms with Crippen LogP contribution in [-0.2, 0) is 0 Å². The van der Waals surface area contributed by atoms with E-state index in [-0.39, 0.29) is 0 Å². The Kier molecular flexibility index (Phi) is 5.38. The van der Waals surface area contributed by atoms with Crippen molar-refractivity contribution >= 4 is 76.2 Å². The number of aromatic nitrogens is 3. The lowest BCUT2D eigenvalue weighted by atomic mass is 10.0. The molecule has 0 atom stereocenters. The van der Waals surface area contributed by atoms with Gasteiger partial charge in [0, 0.05) is 54.8 Å². The molecule has 3 heterocycles. The molecule has 0 fully saturated rings. The Morgan fingerprint density at radius 2 is 0.776 bits per heavy atom. The van der Waals surface area contributed by atoms with E-state index in [0.717, 1.165) is 5.69 Å². The fraction of sp³-hybridized carbons (Fsp3) is 0. The summed E-state index contributed by atoms with van der Waals surface area (Å²) >= 11 is 0. The monoisotopic (exact) mass is 623 g/mol. The number of para-hydroxylation sites is 4. The molecule has 0 aliphatic rings. The molecule has 228 valence electrons. The molecule has 0 radical (unpaired) electrons. The molecule has 49 heavy (non-hydrogen) atoms. The van der Waals surface area contributed by atoms with Crippen molar-refractivity contribution in [1.29, 1.82) is 0 Å². The lowest BCUT2D eigenvalue weighted by Crippen LogP contribution is -1.96. The van der Waals surface area contributed by atoms with Crippen LogP contribution < -0.4 is 0 Å². The molecule has 8 aromatic carbocycles. The van der Waals surface area contributed by atoms with E-state index in [1.807, 2.05) is 0 Å². The van der Waals surface area contributed by atoms with Gasteiger partial charge in [-0.1, -0.05) is 109 Å². The van der Waals surface area contributed by atoms with Gasteiger partial charge >= 0.3 is 0 Å². The van der Waals surface area contributed by atoms with Crippen LogP contribution in [0.5, 0.6) is 0 Å². The molecule has 0 saturated heterocycles. The van der Waals surface area contributed by atoms with Crippen molar-refractivity contribution in [3.8, 4) is 17.1 Å². The molecule has 3 heteroatoms. The summed E-state index contributed by atoms with van der Waals surface area (Å²) in [6.07, 6.45) is 0. The molecule has 0 bridgehead atoms. The Bertz CT molecular complexity index is 3090. The van der Waals surface area contributed by atoms with Crippen LogP contribution in [0.3, 0.4) is 0 Å². The zero-order chi connectivity index (χ0) is 32.1. The van der Waals surface area contributed by atoms with Gasteiger partial charge in [0.05, 0.1) is 33.1 Å². The number of nitrogens with zero attached hydrogens (tertiary/aromatic N) is 3. The van der Waals surface area contributed by atoms with Gasteiger partial charge in [-0.25, -0.2) is 0 Å². The molecule has 11 aromatic rings. The number of fused-ring (bicyclic) bond motifs is 12. The SMILES string of the molecule is c1ccc(-n2c3ccccc3c3cc(-n4c5ccccc5c5c6c7ccc8ccccc8c7n(-c7ccccc7)c6ccc54)ccc32)cc1. The fourth-order valence-electron chi connectivity index (χ4n) is 8.41. The van der Waals surface area contributed by atoms with Crippen LogP contribution in [0, 0.1) is 0 Å². The number of benzene rings is 8. The van der Waals surface area contributed by atoms with Crippen LogP contribution in [0.15, 0.2) is 176 Å². The quantitative estimate of drug-likeness (QED) is 0.186. The highest BCUT2D eigenvalue weighted by atomic mass is 15.0. The first-order valence-electron chi connectivity index (χ1n) is 16.9. The van der Waals surface area contributed by atoms with Crippen LogP contribution in [0.25, 0.3) is 93.3 Å². The molecule has 3 aromatic heterocycles. The molecule has 0 aliphatic heterocycles. The average molecular weight is 624 g/mol. The van der Waals surface area contributed by atoms with E-state index in [4.69, 9.17) is 0 Å². The van der Waals surface area contributed by atoms with Gasteiger partial charge in [0.25, 0.3) is 0 Å². The maximum absolute atomic E-state index is 2.46. The van der Waals surface area contributed by atoms with Gasteiger partial charge in [0.15, 0.2) is 0 Å². The summed E-state index contributed by atoms with van der Waals surface area (Å²) in [4.78, 5) is 0. The standard InChI is InChI=1S/C46H29N3/c1-3-14-31(15-4-1)47-39-21-11-9-19-35(39)38-29-33(24-26-41(38)47)48-40-22-12-10-20-36(40)44-42(48)27-28-43-45(44)37-25-23-30-13-7-8-18-34(30)46(37)49(43)32-16-5-2-6-17-32/h1-29H. The fourth-order valence-corrected chi connectivity index (χ4v) is 8.41. The lowest BCUT2D eigenvalue weighted by molar-refractivity contribution is 1.16. The second kappa shape index (κ2) is 9.96. The Morgan fingerprint density at radius 3 is 1.53 bits per heavy atom. The van der Waals surface area contributed by atoms with E-state index in [1.165, 1.54) is 87.6 Å². The van der Waals surface area contributed by atoms with E-state index >= 15 is 0 Å². The molecule has 3 nitrogen and oxygen atoms in total. The minimum absolute atomic E-state index is 1.16. The van der Waals surface area contributed by atoms with Gasteiger partial charge in [0.1, 0.15) is 0 Å². The maximum atomic E-state index is 2.46. The molecule has 11 rings (SSSR count). The Hall–Kier alpha value is -6.58. The van der Waals surface area contributed by atoms with Gasteiger partial charge in [-0.15, -0.1) is 0 Å². The minimum atomic E-state index is 1.16. The van der Waals surface area contributed by atoms with Crippen molar-refractivity contribution < 1.29 is 0 Å². The van der Waals surface area contributed by atoms with Gasteiger partial charge in [-0.05, 0) is 72.1 Å². The second-order valence-corrected chi connectivity index (χ2v) is 12.9. The summed E-state index contributed by atoms with van der Waals surface area (Å²) in [5, 5.41) is 10.1. The van der Waals surface area contributed by atoms with Gasteiger partial charge < -0.3 is 13.7 Å². The Balaban J connectivity index is 1.27. The average Bonchev–Trinajstić information content (AvgIpc) is 3.81. The van der Waals surface area contributed by atoms with Crippen LogP contribution >= 0.6 is 0 Å². The first-order valence-corrected chi connectivity index (χ1v) is 16.9. The molecule has 0 spiro atoms. The van der Waals surface area contributed by atoms with Gasteiger partial charge in [-0.2, -0.15) is 0 Å². The van der Waals surface area contributed by atoms with Gasteiger partial charge in [-0.3, -0.25) is 0 Å². The molecular formula is C46H29N3. The van der Waals surface area contributed by atoms with Crippen molar-refractivity contribution in [3.63, 3.8) is 0 Å². The maximum Gasteiger partial charge on any atom is 0.0619 e. The van der Waals surface area contributed by atoms with Crippen molar-refractivity contribution in [2.75, 3.05) is 0 Å². The summed E-state index contributed by atoms with van der Waals surface area (Å²) in [6.45, 7) is 0. The van der Waals surface area contributed by atoms with Crippen molar-refractivity contribution in [2.45, 2.75) is 0 Å². The summed E-state index contributed by atoms with van der Waals surface area (Å²) < 4.78 is 7.31. The molecule has 0 N–H and O–H groups in total. The smallest absolute Gasteiger partial charge is 0.0619 e. The van der Waals surface area contributed by atoms with Crippen LogP contribution in [-0.4, -0.2) is 13.7 Å².